The van der Waals surface area contributed by atoms with Crippen molar-refractivity contribution in [2.24, 2.45) is 5.41 Å². The van der Waals surface area contributed by atoms with Gasteiger partial charge in [0.2, 0.25) is 0 Å². The Morgan fingerprint density at radius 3 is 2.43 bits per heavy atom. The zero-order valence-corrected chi connectivity index (χ0v) is 10.9. The monoisotopic (exact) mass is 240 g/mol. The molecule has 0 N–H and O–H groups in total. The topological polar surface area (TPSA) is 18.5 Å². The van der Waals surface area contributed by atoms with Crippen molar-refractivity contribution in [3.05, 3.63) is 0 Å². The summed E-state index contributed by atoms with van der Waals surface area (Å²) in [5, 5.41) is 0. The minimum Gasteiger partial charge on any atom is -0.380 e. The van der Waals surface area contributed by atoms with Crippen LogP contribution in [-0.2, 0) is 9.47 Å². The summed E-state index contributed by atoms with van der Waals surface area (Å²) in [6.45, 7) is 5.54. The first-order chi connectivity index (χ1) is 6.47. The SMILES string of the molecule is CCC1(COCCS(C)(C)Cl)COC1. The van der Waals surface area contributed by atoms with E-state index in [9.17, 15) is 0 Å². The fourth-order valence-electron chi connectivity index (χ4n) is 1.33. The van der Waals surface area contributed by atoms with Gasteiger partial charge in [-0.15, -0.1) is 0 Å². The molecule has 0 atom stereocenters. The van der Waals surface area contributed by atoms with Gasteiger partial charge in [-0.3, -0.25) is 0 Å². The average Bonchev–Trinajstić information content (AvgIpc) is 2.00. The molecule has 1 fully saturated rings. The predicted octanol–water partition coefficient (Wildman–Crippen LogP) is 2.65. The van der Waals surface area contributed by atoms with Gasteiger partial charge in [0.15, 0.2) is 0 Å². The highest BCUT2D eigenvalue weighted by Gasteiger charge is 2.36. The van der Waals surface area contributed by atoms with Crippen LogP contribution in [0.1, 0.15) is 13.3 Å². The molecule has 0 spiro atoms. The lowest BCUT2D eigenvalue weighted by molar-refractivity contribution is -0.148. The highest BCUT2D eigenvalue weighted by atomic mass is 35.7. The molecule has 1 heterocycles. The molecule has 2 nitrogen and oxygen atoms in total. The largest absolute Gasteiger partial charge is 0.380 e. The molecule has 0 saturated carbocycles. The molecule has 4 heteroatoms. The van der Waals surface area contributed by atoms with Crippen LogP contribution in [0.4, 0.5) is 0 Å². The van der Waals surface area contributed by atoms with Crippen molar-refractivity contribution in [3.63, 3.8) is 0 Å². The van der Waals surface area contributed by atoms with Gasteiger partial charge in [-0.1, -0.05) is 17.6 Å². The molecular weight excluding hydrogens is 220 g/mol. The van der Waals surface area contributed by atoms with Crippen molar-refractivity contribution in [1.82, 2.24) is 0 Å². The molecule has 0 radical (unpaired) electrons. The van der Waals surface area contributed by atoms with E-state index in [1.807, 2.05) is 0 Å². The minimum absolute atomic E-state index is 0.311. The summed E-state index contributed by atoms with van der Waals surface area (Å²) in [6.07, 6.45) is 5.34. The molecular formula is C10H21ClO2S. The van der Waals surface area contributed by atoms with Gasteiger partial charge in [0.05, 0.1) is 26.4 Å². The Balaban J connectivity index is 2.09. The molecule has 1 aliphatic rings. The fraction of sp³-hybridized carbons (Fsp3) is 1.00. The van der Waals surface area contributed by atoms with Crippen molar-refractivity contribution >= 4 is 19.9 Å². The molecule has 14 heavy (non-hydrogen) atoms. The van der Waals surface area contributed by atoms with E-state index in [0.717, 1.165) is 38.6 Å². The van der Waals surface area contributed by atoms with Crippen LogP contribution in [-0.4, -0.2) is 44.7 Å². The quantitative estimate of drug-likeness (QED) is 0.665. The van der Waals surface area contributed by atoms with Crippen molar-refractivity contribution in [2.75, 3.05) is 44.7 Å². The third-order valence-electron chi connectivity index (χ3n) is 2.69. The molecule has 0 aromatic carbocycles. The van der Waals surface area contributed by atoms with Gasteiger partial charge >= 0.3 is 0 Å². The molecule has 0 bridgehead atoms. The van der Waals surface area contributed by atoms with Gasteiger partial charge in [-0.05, 0) is 18.9 Å². The number of hydrogen-bond acceptors (Lipinski definition) is 2. The minimum atomic E-state index is -0.921. The van der Waals surface area contributed by atoms with E-state index in [4.69, 9.17) is 20.2 Å². The van der Waals surface area contributed by atoms with Gasteiger partial charge in [-0.25, -0.2) is 0 Å². The van der Waals surface area contributed by atoms with Crippen molar-refractivity contribution in [1.29, 1.82) is 0 Å². The third kappa shape index (κ3) is 3.97. The molecule has 86 valence electrons. The highest BCUT2D eigenvalue weighted by Crippen LogP contribution is 2.44. The van der Waals surface area contributed by atoms with E-state index in [1.54, 1.807) is 0 Å². The van der Waals surface area contributed by atoms with E-state index in [1.165, 1.54) is 0 Å². The maximum absolute atomic E-state index is 6.14. The van der Waals surface area contributed by atoms with Crippen molar-refractivity contribution in [3.8, 4) is 0 Å². The highest BCUT2D eigenvalue weighted by molar-refractivity contribution is 8.50. The van der Waals surface area contributed by atoms with Crippen molar-refractivity contribution < 1.29 is 9.47 Å². The molecule has 0 amide bonds. The molecule has 1 rings (SSSR count). The molecule has 1 saturated heterocycles. The van der Waals surface area contributed by atoms with Crippen LogP contribution >= 0.6 is 19.9 Å². The fourth-order valence-corrected chi connectivity index (χ4v) is 2.03. The molecule has 1 aliphatic heterocycles. The normalized spacial score (nSPS) is 21.7. The van der Waals surface area contributed by atoms with Crippen molar-refractivity contribution in [2.45, 2.75) is 13.3 Å². The summed E-state index contributed by atoms with van der Waals surface area (Å²) in [5.41, 5.74) is 0.311. The summed E-state index contributed by atoms with van der Waals surface area (Å²) in [4.78, 5) is 0. The van der Waals surface area contributed by atoms with Gasteiger partial charge in [-0.2, -0.15) is 9.24 Å². The lowest BCUT2D eigenvalue weighted by Gasteiger charge is -2.40. The Morgan fingerprint density at radius 1 is 1.43 bits per heavy atom. The number of ether oxygens (including phenoxy) is 2. The zero-order valence-electron chi connectivity index (χ0n) is 9.35. The third-order valence-corrected chi connectivity index (χ3v) is 4.29. The standard InChI is InChI=1S/C10H21ClO2S/c1-4-10(8-13-9-10)7-12-5-6-14(2,3)11/h4-9H2,1-3H3. The van der Waals surface area contributed by atoms with Crippen LogP contribution in [0.25, 0.3) is 0 Å². The Morgan fingerprint density at radius 2 is 2.07 bits per heavy atom. The first-order valence-corrected chi connectivity index (χ1v) is 8.48. The van der Waals surface area contributed by atoms with Gasteiger partial charge in [0.25, 0.3) is 0 Å². The first kappa shape index (κ1) is 12.6. The first-order valence-electron chi connectivity index (χ1n) is 5.04. The predicted molar refractivity (Wildman–Crippen MR) is 64.5 cm³/mol. The second kappa shape index (κ2) is 5.06. The zero-order chi connectivity index (χ0) is 10.7. The lowest BCUT2D eigenvalue weighted by atomic mass is 9.84. The van der Waals surface area contributed by atoms with E-state index >= 15 is 0 Å². The smallest absolute Gasteiger partial charge is 0.0567 e. The van der Waals surface area contributed by atoms with Gasteiger partial charge < -0.3 is 9.47 Å². The van der Waals surface area contributed by atoms with Crippen LogP contribution in [0.5, 0.6) is 0 Å². The number of hydrogen-bond donors (Lipinski definition) is 0. The lowest BCUT2D eigenvalue weighted by Crippen LogP contribution is -2.45. The summed E-state index contributed by atoms with van der Waals surface area (Å²) in [7, 11) is 5.22. The van der Waals surface area contributed by atoms with Gasteiger partial charge in [0, 0.05) is 11.2 Å². The molecule has 0 aromatic rings. The Bertz CT molecular complexity index is 170. The molecule has 0 aromatic heterocycles. The number of rotatable bonds is 6. The van der Waals surface area contributed by atoms with Gasteiger partial charge in [0.1, 0.15) is 0 Å². The Hall–Kier alpha value is 0.560. The average molecular weight is 241 g/mol. The summed E-state index contributed by atoms with van der Waals surface area (Å²) >= 11 is 0. The van der Waals surface area contributed by atoms with Crippen LogP contribution in [0.2, 0.25) is 0 Å². The summed E-state index contributed by atoms with van der Waals surface area (Å²) in [5.74, 6) is 0.981. The number of halogens is 1. The maximum atomic E-state index is 6.14. The second-order valence-electron chi connectivity index (χ2n) is 4.51. The van der Waals surface area contributed by atoms with Crippen LogP contribution < -0.4 is 0 Å². The van der Waals surface area contributed by atoms with E-state index in [0.29, 0.717) is 5.41 Å². The van der Waals surface area contributed by atoms with Crippen LogP contribution in [0.3, 0.4) is 0 Å². The Kier molecular flexibility index (Phi) is 4.56. The molecule has 0 unspecified atom stereocenters. The van der Waals surface area contributed by atoms with E-state index in [2.05, 4.69) is 19.4 Å². The van der Waals surface area contributed by atoms with Crippen LogP contribution in [0, 0.1) is 5.41 Å². The second-order valence-corrected chi connectivity index (χ2v) is 10.2. The summed E-state index contributed by atoms with van der Waals surface area (Å²) < 4.78 is 10.9. The molecule has 0 aliphatic carbocycles. The van der Waals surface area contributed by atoms with E-state index < -0.39 is 9.24 Å². The van der Waals surface area contributed by atoms with Crippen LogP contribution in [0.15, 0.2) is 0 Å². The Labute approximate surface area is 93.1 Å². The summed E-state index contributed by atoms with van der Waals surface area (Å²) in [6, 6.07) is 0. The van der Waals surface area contributed by atoms with E-state index in [-0.39, 0.29) is 0 Å². The maximum Gasteiger partial charge on any atom is 0.0567 e.